The lowest BCUT2D eigenvalue weighted by Gasteiger charge is -2.25. The van der Waals surface area contributed by atoms with Crippen LogP contribution in [0.1, 0.15) is 40.5 Å². The average molecular weight is 269 g/mol. The Bertz CT molecular complexity index is 278. The van der Waals surface area contributed by atoms with Crippen LogP contribution in [0.3, 0.4) is 0 Å². The van der Waals surface area contributed by atoms with E-state index < -0.39 is 0 Å². The number of hydrogen-bond acceptors (Lipinski definition) is 2. The Labute approximate surface area is 118 Å². The summed E-state index contributed by atoms with van der Waals surface area (Å²) in [6.45, 7) is 13.5. The molecule has 4 heteroatoms. The summed E-state index contributed by atoms with van der Waals surface area (Å²) in [5.74, 6) is 1.68. The third-order valence-corrected chi connectivity index (χ3v) is 3.38. The predicted molar refractivity (Wildman–Crippen MR) is 81.6 cm³/mol. The van der Waals surface area contributed by atoms with Crippen molar-refractivity contribution in [3.63, 3.8) is 0 Å². The Morgan fingerprint density at radius 1 is 1.42 bits per heavy atom. The monoisotopic (exact) mass is 269 g/mol. The Morgan fingerprint density at radius 2 is 2.16 bits per heavy atom. The van der Waals surface area contributed by atoms with Gasteiger partial charge in [-0.1, -0.05) is 20.8 Å². The minimum atomic E-state index is 0.346. The van der Waals surface area contributed by atoms with Gasteiger partial charge in [0, 0.05) is 39.2 Å². The molecule has 0 saturated carbocycles. The number of hydrogen-bond donors (Lipinski definition) is 1. The van der Waals surface area contributed by atoms with Gasteiger partial charge in [-0.05, 0) is 25.2 Å². The number of aliphatic imine (C=N–C) groups is 1. The minimum Gasteiger partial charge on any atom is -0.381 e. The van der Waals surface area contributed by atoms with Crippen molar-refractivity contribution in [1.82, 2.24) is 10.2 Å². The molecule has 0 amide bonds. The fraction of sp³-hybridized carbons (Fsp3) is 0.933. The molecule has 1 rings (SSSR count). The maximum absolute atomic E-state index is 5.44. The second-order valence-electron chi connectivity index (χ2n) is 6.66. The summed E-state index contributed by atoms with van der Waals surface area (Å²) in [5.41, 5.74) is 0.346. The lowest BCUT2D eigenvalue weighted by molar-refractivity contribution is 0.181. The minimum absolute atomic E-state index is 0.346. The molecular formula is C15H31N3O. The van der Waals surface area contributed by atoms with E-state index in [1.165, 1.54) is 6.42 Å². The molecule has 0 aliphatic carbocycles. The van der Waals surface area contributed by atoms with Gasteiger partial charge in [-0.25, -0.2) is 0 Å². The lowest BCUT2D eigenvalue weighted by atomic mass is 9.92. The van der Waals surface area contributed by atoms with E-state index in [0.29, 0.717) is 11.3 Å². The van der Waals surface area contributed by atoms with Crippen molar-refractivity contribution in [2.45, 2.75) is 40.5 Å². The molecule has 1 atom stereocenters. The van der Waals surface area contributed by atoms with Crippen LogP contribution in [0.25, 0.3) is 0 Å². The fourth-order valence-corrected chi connectivity index (χ4v) is 2.17. The van der Waals surface area contributed by atoms with Crippen molar-refractivity contribution in [3.8, 4) is 0 Å². The van der Waals surface area contributed by atoms with Crippen LogP contribution in [0.15, 0.2) is 4.99 Å². The van der Waals surface area contributed by atoms with E-state index in [0.717, 1.165) is 45.2 Å². The highest BCUT2D eigenvalue weighted by Crippen LogP contribution is 2.18. The molecule has 19 heavy (non-hydrogen) atoms. The molecule has 4 nitrogen and oxygen atoms in total. The molecule has 1 aliphatic heterocycles. The zero-order valence-electron chi connectivity index (χ0n) is 13.3. The van der Waals surface area contributed by atoms with E-state index in [1.54, 1.807) is 0 Å². The third kappa shape index (κ3) is 6.81. The molecule has 0 aromatic heterocycles. The maximum atomic E-state index is 5.44. The number of nitrogens with zero attached hydrogens (tertiary/aromatic N) is 2. The summed E-state index contributed by atoms with van der Waals surface area (Å²) in [7, 11) is 2.12. The van der Waals surface area contributed by atoms with Crippen molar-refractivity contribution in [2.24, 2.45) is 16.3 Å². The van der Waals surface area contributed by atoms with Crippen molar-refractivity contribution >= 4 is 5.96 Å². The Hall–Kier alpha value is -0.770. The largest absolute Gasteiger partial charge is 0.381 e. The van der Waals surface area contributed by atoms with Gasteiger partial charge in [0.25, 0.3) is 0 Å². The average Bonchev–Trinajstić information content (AvgIpc) is 2.79. The lowest BCUT2D eigenvalue weighted by Crippen LogP contribution is -2.41. The van der Waals surface area contributed by atoms with Gasteiger partial charge in [-0.15, -0.1) is 0 Å². The van der Waals surface area contributed by atoms with Crippen molar-refractivity contribution in [3.05, 3.63) is 0 Å². The first-order valence-electron chi connectivity index (χ1n) is 7.49. The summed E-state index contributed by atoms with van der Waals surface area (Å²) in [4.78, 5) is 6.97. The molecule has 0 aromatic rings. The zero-order chi connectivity index (χ0) is 14.3. The maximum Gasteiger partial charge on any atom is 0.193 e. The Morgan fingerprint density at radius 3 is 2.68 bits per heavy atom. The van der Waals surface area contributed by atoms with E-state index in [2.05, 4.69) is 45.0 Å². The first kappa shape index (κ1) is 16.3. The van der Waals surface area contributed by atoms with Crippen molar-refractivity contribution in [2.75, 3.05) is 39.9 Å². The van der Waals surface area contributed by atoms with Crippen LogP contribution in [0.4, 0.5) is 0 Å². The van der Waals surface area contributed by atoms with Gasteiger partial charge in [0.1, 0.15) is 0 Å². The van der Waals surface area contributed by atoms with Gasteiger partial charge in [0.2, 0.25) is 0 Å². The van der Waals surface area contributed by atoms with Crippen LogP contribution >= 0.6 is 0 Å². The van der Waals surface area contributed by atoms with Gasteiger partial charge in [0.15, 0.2) is 5.96 Å². The molecule has 0 aromatic carbocycles. The van der Waals surface area contributed by atoms with Gasteiger partial charge >= 0.3 is 0 Å². The van der Waals surface area contributed by atoms with E-state index in [1.807, 2.05) is 0 Å². The topological polar surface area (TPSA) is 36.9 Å². The quantitative estimate of drug-likeness (QED) is 0.615. The summed E-state index contributed by atoms with van der Waals surface area (Å²) < 4.78 is 5.44. The van der Waals surface area contributed by atoms with Crippen molar-refractivity contribution in [1.29, 1.82) is 0 Å². The molecule has 1 heterocycles. The highest BCUT2D eigenvalue weighted by Gasteiger charge is 2.19. The number of nitrogens with one attached hydrogen (secondary N) is 1. The van der Waals surface area contributed by atoms with Gasteiger partial charge in [-0.3, -0.25) is 4.99 Å². The highest BCUT2D eigenvalue weighted by atomic mass is 16.5. The van der Waals surface area contributed by atoms with Crippen LogP contribution in [0.2, 0.25) is 0 Å². The molecule has 0 bridgehead atoms. The van der Waals surface area contributed by atoms with Crippen LogP contribution in [0.5, 0.6) is 0 Å². The normalized spacial score (nSPS) is 20.7. The molecule has 1 unspecified atom stereocenters. The predicted octanol–water partition coefficient (Wildman–Crippen LogP) is 2.36. The first-order chi connectivity index (χ1) is 8.92. The van der Waals surface area contributed by atoms with E-state index in [-0.39, 0.29) is 0 Å². The smallest absolute Gasteiger partial charge is 0.193 e. The number of guanidine groups is 1. The first-order valence-corrected chi connectivity index (χ1v) is 7.49. The Balaban J connectivity index is 2.46. The second-order valence-corrected chi connectivity index (χ2v) is 6.66. The highest BCUT2D eigenvalue weighted by molar-refractivity contribution is 5.79. The van der Waals surface area contributed by atoms with Crippen molar-refractivity contribution < 1.29 is 4.74 Å². The van der Waals surface area contributed by atoms with E-state index in [4.69, 9.17) is 9.73 Å². The second kappa shape index (κ2) is 7.73. The summed E-state index contributed by atoms with van der Waals surface area (Å²) in [5, 5.41) is 3.38. The fourth-order valence-electron chi connectivity index (χ4n) is 2.17. The molecule has 0 radical (unpaired) electrons. The van der Waals surface area contributed by atoms with Gasteiger partial charge in [0.05, 0.1) is 6.61 Å². The molecule has 112 valence electrons. The SMILES string of the molecule is CCNC(=NCCC(C)(C)C)N(C)CC1CCOC1. The standard InChI is InChI=1S/C15H31N3O/c1-6-16-14(17-9-8-15(2,3)4)18(5)11-13-7-10-19-12-13/h13H,6-12H2,1-5H3,(H,16,17). The van der Waals surface area contributed by atoms with Crippen LogP contribution in [-0.4, -0.2) is 50.8 Å². The number of rotatable bonds is 5. The summed E-state index contributed by atoms with van der Waals surface area (Å²) >= 11 is 0. The summed E-state index contributed by atoms with van der Waals surface area (Å²) in [6, 6.07) is 0. The molecule has 1 saturated heterocycles. The van der Waals surface area contributed by atoms with E-state index in [9.17, 15) is 0 Å². The van der Waals surface area contributed by atoms with Crippen LogP contribution in [0, 0.1) is 11.3 Å². The van der Waals surface area contributed by atoms with Crippen LogP contribution < -0.4 is 5.32 Å². The van der Waals surface area contributed by atoms with E-state index >= 15 is 0 Å². The molecular weight excluding hydrogens is 238 g/mol. The van der Waals surface area contributed by atoms with Gasteiger partial charge < -0.3 is 15.0 Å². The number of ether oxygens (including phenoxy) is 1. The zero-order valence-corrected chi connectivity index (χ0v) is 13.3. The molecule has 0 spiro atoms. The van der Waals surface area contributed by atoms with Crippen LogP contribution in [-0.2, 0) is 4.74 Å². The summed E-state index contributed by atoms with van der Waals surface area (Å²) in [6.07, 6.45) is 2.29. The molecule has 1 N–H and O–H groups in total. The molecule has 1 fully saturated rings. The Kier molecular flexibility index (Phi) is 6.63. The third-order valence-electron chi connectivity index (χ3n) is 3.38. The van der Waals surface area contributed by atoms with Gasteiger partial charge in [-0.2, -0.15) is 0 Å². The molecule has 1 aliphatic rings.